The Labute approximate surface area is 126 Å². The van der Waals surface area contributed by atoms with Crippen LogP contribution >= 0.6 is 0 Å². The van der Waals surface area contributed by atoms with Crippen molar-refractivity contribution in [3.05, 3.63) is 65.2 Å². The Balaban J connectivity index is 2.03. The SMILES string of the molecule is Cc1ccc(NC(=O)NC(C)(C)c2ccc(C)cc2)cc1. The van der Waals surface area contributed by atoms with Gasteiger partial charge >= 0.3 is 6.03 Å². The van der Waals surface area contributed by atoms with Crippen molar-refractivity contribution in [2.45, 2.75) is 33.2 Å². The van der Waals surface area contributed by atoms with Crippen LogP contribution in [0.5, 0.6) is 0 Å². The number of urea groups is 1. The fourth-order valence-corrected chi connectivity index (χ4v) is 2.13. The van der Waals surface area contributed by atoms with Gasteiger partial charge in [0.15, 0.2) is 0 Å². The molecule has 3 heteroatoms. The zero-order valence-corrected chi connectivity index (χ0v) is 13.0. The molecule has 2 rings (SSSR count). The lowest BCUT2D eigenvalue weighted by Crippen LogP contribution is -2.43. The number of amides is 2. The van der Waals surface area contributed by atoms with Crippen molar-refractivity contribution in [1.82, 2.24) is 5.32 Å². The van der Waals surface area contributed by atoms with Crippen molar-refractivity contribution in [3.63, 3.8) is 0 Å². The Morgan fingerprint density at radius 3 is 1.86 bits per heavy atom. The first kappa shape index (κ1) is 15.1. The first-order chi connectivity index (χ1) is 9.87. The van der Waals surface area contributed by atoms with E-state index in [2.05, 4.69) is 22.8 Å². The Kier molecular flexibility index (Phi) is 4.32. The molecule has 0 bridgehead atoms. The standard InChI is InChI=1S/C18H22N2O/c1-13-5-9-15(10-6-13)18(3,4)20-17(21)19-16-11-7-14(2)8-12-16/h5-12H,1-4H3,(H2,19,20,21). The maximum Gasteiger partial charge on any atom is 0.319 e. The summed E-state index contributed by atoms with van der Waals surface area (Å²) in [5.41, 5.74) is 3.81. The average molecular weight is 282 g/mol. The Bertz CT molecular complexity index is 613. The highest BCUT2D eigenvalue weighted by Crippen LogP contribution is 2.20. The largest absolute Gasteiger partial charge is 0.329 e. The monoisotopic (exact) mass is 282 g/mol. The van der Waals surface area contributed by atoms with Gasteiger partial charge in [0, 0.05) is 5.69 Å². The molecule has 0 radical (unpaired) electrons. The molecule has 0 saturated carbocycles. The van der Waals surface area contributed by atoms with E-state index in [0.717, 1.165) is 11.3 Å². The topological polar surface area (TPSA) is 41.1 Å². The van der Waals surface area contributed by atoms with Crippen LogP contribution in [0.1, 0.15) is 30.5 Å². The predicted octanol–water partition coefficient (Wildman–Crippen LogP) is 4.36. The molecule has 2 N–H and O–H groups in total. The van der Waals surface area contributed by atoms with E-state index in [1.165, 1.54) is 11.1 Å². The van der Waals surface area contributed by atoms with Crippen LogP contribution in [-0.2, 0) is 5.54 Å². The van der Waals surface area contributed by atoms with Gasteiger partial charge in [-0.3, -0.25) is 0 Å². The highest BCUT2D eigenvalue weighted by molar-refractivity contribution is 5.89. The van der Waals surface area contributed by atoms with E-state index < -0.39 is 5.54 Å². The van der Waals surface area contributed by atoms with Gasteiger partial charge in [-0.25, -0.2) is 4.79 Å². The third-order valence-electron chi connectivity index (χ3n) is 3.51. The molecule has 0 fully saturated rings. The third kappa shape index (κ3) is 4.09. The van der Waals surface area contributed by atoms with Crippen molar-refractivity contribution < 1.29 is 4.79 Å². The highest BCUT2D eigenvalue weighted by atomic mass is 16.2. The molecule has 0 unspecified atom stereocenters. The van der Waals surface area contributed by atoms with E-state index in [9.17, 15) is 4.79 Å². The summed E-state index contributed by atoms with van der Waals surface area (Å²) in [7, 11) is 0. The van der Waals surface area contributed by atoms with Gasteiger partial charge < -0.3 is 10.6 Å². The molecule has 0 saturated heterocycles. The Morgan fingerprint density at radius 1 is 0.857 bits per heavy atom. The van der Waals surface area contributed by atoms with Crippen molar-refractivity contribution >= 4 is 11.7 Å². The predicted molar refractivity (Wildman–Crippen MR) is 87.5 cm³/mol. The zero-order chi connectivity index (χ0) is 15.5. The summed E-state index contributed by atoms with van der Waals surface area (Å²) < 4.78 is 0. The maximum absolute atomic E-state index is 12.1. The molecule has 2 aromatic rings. The van der Waals surface area contributed by atoms with Crippen LogP contribution in [-0.4, -0.2) is 6.03 Å². The molecule has 0 aliphatic carbocycles. The molecule has 0 atom stereocenters. The summed E-state index contributed by atoms with van der Waals surface area (Å²) in [5.74, 6) is 0. The molecule has 21 heavy (non-hydrogen) atoms. The molecule has 0 heterocycles. The number of nitrogens with one attached hydrogen (secondary N) is 2. The van der Waals surface area contributed by atoms with Crippen molar-refractivity contribution in [1.29, 1.82) is 0 Å². The van der Waals surface area contributed by atoms with Crippen LogP contribution in [0.2, 0.25) is 0 Å². The lowest BCUT2D eigenvalue weighted by atomic mass is 9.94. The van der Waals surface area contributed by atoms with Crippen LogP contribution in [0.3, 0.4) is 0 Å². The van der Waals surface area contributed by atoms with Crippen LogP contribution in [0, 0.1) is 13.8 Å². The number of anilines is 1. The van der Waals surface area contributed by atoms with Gasteiger partial charge in [-0.2, -0.15) is 0 Å². The number of carbonyl (C=O) groups excluding carboxylic acids is 1. The first-order valence-electron chi connectivity index (χ1n) is 7.10. The molecule has 110 valence electrons. The maximum atomic E-state index is 12.1. The summed E-state index contributed by atoms with van der Waals surface area (Å²) >= 11 is 0. The quantitative estimate of drug-likeness (QED) is 0.862. The number of aryl methyl sites for hydroxylation is 2. The van der Waals surface area contributed by atoms with E-state index in [4.69, 9.17) is 0 Å². The van der Waals surface area contributed by atoms with Gasteiger partial charge in [0.1, 0.15) is 0 Å². The summed E-state index contributed by atoms with van der Waals surface area (Å²) in [6.45, 7) is 8.05. The van der Waals surface area contributed by atoms with Crippen LogP contribution in [0.25, 0.3) is 0 Å². The summed E-state index contributed by atoms with van der Waals surface area (Å²) in [6, 6.07) is 15.7. The molecule has 2 aromatic carbocycles. The lowest BCUT2D eigenvalue weighted by Gasteiger charge is -2.27. The molecule has 0 spiro atoms. The second-order valence-electron chi connectivity index (χ2n) is 5.94. The molecule has 0 aliphatic rings. The molecule has 2 amide bonds. The molecular weight excluding hydrogens is 260 g/mol. The van der Waals surface area contributed by atoms with Gasteiger partial charge in [-0.05, 0) is 45.4 Å². The first-order valence-corrected chi connectivity index (χ1v) is 7.10. The van der Waals surface area contributed by atoms with Crippen molar-refractivity contribution in [2.75, 3.05) is 5.32 Å². The smallest absolute Gasteiger partial charge is 0.319 e. The van der Waals surface area contributed by atoms with E-state index in [1.807, 2.05) is 64.1 Å². The van der Waals surface area contributed by atoms with Crippen molar-refractivity contribution in [2.24, 2.45) is 0 Å². The van der Waals surface area contributed by atoms with Gasteiger partial charge in [0.05, 0.1) is 5.54 Å². The molecule has 0 aromatic heterocycles. The minimum Gasteiger partial charge on any atom is -0.329 e. The van der Waals surface area contributed by atoms with Gasteiger partial charge in [0.2, 0.25) is 0 Å². The lowest BCUT2D eigenvalue weighted by molar-refractivity contribution is 0.242. The molecule has 0 aliphatic heterocycles. The van der Waals surface area contributed by atoms with Gasteiger partial charge in [0.25, 0.3) is 0 Å². The second kappa shape index (κ2) is 6.00. The fourth-order valence-electron chi connectivity index (χ4n) is 2.13. The van der Waals surface area contributed by atoms with E-state index in [-0.39, 0.29) is 6.03 Å². The van der Waals surface area contributed by atoms with E-state index in [0.29, 0.717) is 0 Å². The molecular formula is C18H22N2O. The third-order valence-corrected chi connectivity index (χ3v) is 3.51. The Hall–Kier alpha value is -2.29. The normalized spacial score (nSPS) is 11.0. The number of rotatable bonds is 3. The molecule has 3 nitrogen and oxygen atoms in total. The minimum atomic E-state index is -0.428. The number of carbonyl (C=O) groups is 1. The Morgan fingerprint density at radius 2 is 1.33 bits per heavy atom. The van der Waals surface area contributed by atoms with Crippen LogP contribution in [0.4, 0.5) is 10.5 Å². The number of hydrogen-bond acceptors (Lipinski definition) is 1. The van der Waals surface area contributed by atoms with E-state index in [1.54, 1.807) is 0 Å². The van der Waals surface area contributed by atoms with Gasteiger partial charge in [-0.1, -0.05) is 47.5 Å². The summed E-state index contributed by atoms with van der Waals surface area (Å²) in [6.07, 6.45) is 0. The van der Waals surface area contributed by atoms with E-state index >= 15 is 0 Å². The highest BCUT2D eigenvalue weighted by Gasteiger charge is 2.22. The number of benzene rings is 2. The van der Waals surface area contributed by atoms with Gasteiger partial charge in [-0.15, -0.1) is 0 Å². The average Bonchev–Trinajstić information content (AvgIpc) is 2.41. The van der Waals surface area contributed by atoms with Crippen LogP contribution in [0.15, 0.2) is 48.5 Å². The summed E-state index contributed by atoms with van der Waals surface area (Å²) in [4.78, 5) is 12.1. The number of hydrogen-bond donors (Lipinski definition) is 2. The zero-order valence-electron chi connectivity index (χ0n) is 13.0. The van der Waals surface area contributed by atoms with Crippen molar-refractivity contribution in [3.8, 4) is 0 Å². The fraction of sp³-hybridized carbons (Fsp3) is 0.278. The second-order valence-corrected chi connectivity index (χ2v) is 5.94. The summed E-state index contributed by atoms with van der Waals surface area (Å²) in [5, 5.41) is 5.86. The van der Waals surface area contributed by atoms with Crippen LogP contribution < -0.4 is 10.6 Å². The minimum absolute atomic E-state index is 0.204.